The number of carbonyl (C=O) groups is 2. The van der Waals surface area contributed by atoms with E-state index in [1.807, 2.05) is 0 Å². The van der Waals surface area contributed by atoms with Gasteiger partial charge in [-0.25, -0.2) is 20.5 Å². The van der Waals surface area contributed by atoms with E-state index in [0.29, 0.717) is 26.2 Å². The van der Waals surface area contributed by atoms with Crippen LogP contribution in [0.5, 0.6) is 0 Å². The zero-order valence-electron chi connectivity index (χ0n) is 7.43. The van der Waals surface area contributed by atoms with Crippen LogP contribution in [-0.4, -0.2) is 58.5 Å². The summed E-state index contributed by atoms with van der Waals surface area (Å²) in [5, 5.41) is 16.7. The van der Waals surface area contributed by atoms with E-state index < -0.39 is 12.1 Å². The van der Waals surface area contributed by atoms with Crippen LogP contribution in [0.3, 0.4) is 0 Å². The monoisotopic (exact) mass is 204 g/mol. The second-order valence-electron chi connectivity index (χ2n) is 2.81. The number of hydrogen-bond acceptors (Lipinski definition) is 4. The van der Waals surface area contributed by atoms with E-state index in [4.69, 9.17) is 10.4 Å². The van der Waals surface area contributed by atoms with Crippen molar-refractivity contribution in [1.29, 1.82) is 0 Å². The molecular weight excluding hydrogens is 192 g/mol. The molecule has 4 N–H and O–H groups in total. The van der Waals surface area contributed by atoms with Gasteiger partial charge in [0.2, 0.25) is 0 Å². The first kappa shape index (κ1) is 10.5. The van der Waals surface area contributed by atoms with Crippen molar-refractivity contribution in [2.24, 2.45) is 0 Å². The quantitative estimate of drug-likeness (QED) is 0.294. The number of rotatable bonds is 0. The first-order valence-corrected chi connectivity index (χ1v) is 4.07. The lowest BCUT2D eigenvalue weighted by Gasteiger charge is -2.33. The van der Waals surface area contributed by atoms with E-state index in [-0.39, 0.29) is 0 Å². The highest BCUT2D eigenvalue weighted by atomic mass is 16.5. The van der Waals surface area contributed by atoms with E-state index in [1.165, 1.54) is 20.8 Å². The van der Waals surface area contributed by atoms with Gasteiger partial charge in [-0.05, 0) is 0 Å². The fraction of sp³-hybridized carbons (Fsp3) is 0.667. The van der Waals surface area contributed by atoms with Crippen LogP contribution in [-0.2, 0) is 0 Å². The third-order valence-electron chi connectivity index (χ3n) is 2.05. The Morgan fingerprint density at radius 1 is 0.857 bits per heavy atom. The molecule has 8 nitrogen and oxygen atoms in total. The normalized spacial score (nSPS) is 16.4. The van der Waals surface area contributed by atoms with Crippen molar-refractivity contribution in [3.63, 3.8) is 0 Å². The molecule has 0 aliphatic carbocycles. The van der Waals surface area contributed by atoms with Gasteiger partial charge in [-0.1, -0.05) is 0 Å². The van der Waals surface area contributed by atoms with E-state index in [2.05, 4.69) is 0 Å². The fourth-order valence-electron chi connectivity index (χ4n) is 1.25. The second kappa shape index (κ2) is 4.63. The van der Waals surface area contributed by atoms with Crippen LogP contribution < -0.4 is 11.0 Å². The van der Waals surface area contributed by atoms with Crippen molar-refractivity contribution in [3.8, 4) is 0 Å². The van der Waals surface area contributed by atoms with Crippen molar-refractivity contribution in [2.75, 3.05) is 26.2 Å². The number of nitrogens with one attached hydrogen (secondary N) is 2. The first-order valence-electron chi connectivity index (χ1n) is 4.07. The van der Waals surface area contributed by atoms with E-state index >= 15 is 0 Å². The maximum atomic E-state index is 10.9. The fourth-order valence-corrected chi connectivity index (χ4v) is 1.25. The molecular formula is C6H12N4O4. The van der Waals surface area contributed by atoms with Crippen LogP contribution >= 0.6 is 0 Å². The Hall–Kier alpha value is -1.54. The lowest BCUT2D eigenvalue weighted by atomic mass is 10.3. The van der Waals surface area contributed by atoms with Crippen LogP contribution in [0, 0.1) is 0 Å². The lowest BCUT2D eigenvalue weighted by Crippen LogP contribution is -2.54. The SMILES string of the molecule is O=C(NO)N1CCN(C(=O)NO)CC1. The van der Waals surface area contributed by atoms with Gasteiger partial charge < -0.3 is 9.80 Å². The average Bonchev–Trinajstić information content (AvgIpc) is 2.27. The summed E-state index contributed by atoms with van der Waals surface area (Å²) in [5.74, 6) is 0. The van der Waals surface area contributed by atoms with Gasteiger partial charge in [0.05, 0.1) is 0 Å². The zero-order chi connectivity index (χ0) is 10.6. The van der Waals surface area contributed by atoms with Crippen LogP contribution in [0.1, 0.15) is 0 Å². The molecule has 1 aliphatic rings. The van der Waals surface area contributed by atoms with Crippen molar-refractivity contribution in [1.82, 2.24) is 20.8 Å². The minimum atomic E-state index is -0.589. The lowest BCUT2D eigenvalue weighted by molar-refractivity contribution is 0.0919. The van der Waals surface area contributed by atoms with Gasteiger partial charge in [-0.15, -0.1) is 0 Å². The number of hydrogen-bond donors (Lipinski definition) is 4. The number of amides is 4. The topological polar surface area (TPSA) is 105 Å². The summed E-state index contributed by atoms with van der Waals surface area (Å²) in [4.78, 5) is 24.5. The summed E-state index contributed by atoms with van der Waals surface area (Å²) >= 11 is 0. The summed E-state index contributed by atoms with van der Waals surface area (Å²) in [6.45, 7) is 1.28. The third-order valence-corrected chi connectivity index (χ3v) is 2.05. The molecule has 0 aromatic carbocycles. The molecule has 1 rings (SSSR count). The Labute approximate surface area is 80.0 Å². The molecule has 0 bridgehead atoms. The molecule has 1 saturated heterocycles. The maximum absolute atomic E-state index is 10.9. The molecule has 80 valence electrons. The van der Waals surface area contributed by atoms with Gasteiger partial charge in [-0.2, -0.15) is 0 Å². The van der Waals surface area contributed by atoms with Crippen LogP contribution in [0.4, 0.5) is 9.59 Å². The van der Waals surface area contributed by atoms with Crippen molar-refractivity contribution >= 4 is 12.1 Å². The van der Waals surface area contributed by atoms with Gasteiger partial charge >= 0.3 is 12.1 Å². The van der Waals surface area contributed by atoms with E-state index in [1.54, 1.807) is 0 Å². The summed E-state index contributed by atoms with van der Waals surface area (Å²) < 4.78 is 0. The summed E-state index contributed by atoms with van der Waals surface area (Å²) in [6.07, 6.45) is 0. The highest BCUT2D eigenvalue weighted by Gasteiger charge is 2.23. The maximum Gasteiger partial charge on any atom is 0.341 e. The molecule has 0 unspecified atom stereocenters. The predicted octanol–water partition coefficient (Wildman–Crippen LogP) is -1.20. The van der Waals surface area contributed by atoms with Gasteiger partial charge in [0.25, 0.3) is 0 Å². The number of urea groups is 2. The molecule has 0 atom stereocenters. The van der Waals surface area contributed by atoms with Gasteiger partial charge in [0.1, 0.15) is 0 Å². The Balaban J connectivity index is 2.38. The molecule has 4 amide bonds. The largest absolute Gasteiger partial charge is 0.341 e. The highest BCUT2D eigenvalue weighted by molar-refractivity contribution is 5.75. The van der Waals surface area contributed by atoms with Crippen molar-refractivity contribution in [3.05, 3.63) is 0 Å². The van der Waals surface area contributed by atoms with E-state index in [9.17, 15) is 9.59 Å². The molecule has 8 heteroatoms. The van der Waals surface area contributed by atoms with Crippen molar-refractivity contribution < 1.29 is 20.0 Å². The Bertz CT molecular complexity index is 202. The minimum absolute atomic E-state index is 0.319. The molecule has 1 aliphatic heterocycles. The Kier molecular flexibility index (Phi) is 3.48. The predicted molar refractivity (Wildman–Crippen MR) is 43.8 cm³/mol. The standard InChI is InChI=1S/C6H12N4O4/c11-5(7-13)9-1-2-10(4-3-9)6(12)8-14/h13-14H,1-4H2,(H,7,11)(H,8,12). The summed E-state index contributed by atoms with van der Waals surface area (Å²) in [7, 11) is 0. The highest BCUT2D eigenvalue weighted by Crippen LogP contribution is 2.01. The van der Waals surface area contributed by atoms with Gasteiger partial charge in [0.15, 0.2) is 0 Å². The van der Waals surface area contributed by atoms with Crippen LogP contribution in [0.15, 0.2) is 0 Å². The molecule has 1 fully saturated rings. The third kappa shape index (κ3) is 2.24. The van der Waals surface area contributed by atoms with E-state index in [0.717, 1.165) is 0 Å². The molecule has 1 heterocycles. The first-order chi connectivity index (χ1) is 6.69. The molecule has 14 heavy (non-hydrogen) atoms. The second-order valence-corrected chi connectivity index (χ2v) is 2.81. The summed E-state index contributed by atoms with van der Waals surface area (Å²) in [6, 6.07) is -1.18. The summed E-state index contributed by atoms with van der Waals surface area (Å²) in [5.41, 5.74) is 3.02. The van der Waals surface area contributed by atoms with Gasteiger partial charge in [0, 0.05) is 26.2 Å². The van der Waals surface area contributed by atoms with Crippen LogP contribution in [0.2, 0.25) is 0 Å². The molecule has 0 radical (unpaired) electrons. The number of nitrogens with zero attached hydrogens (tertiary/aromatic N) is 2. The minimum Gasteiger partial charge on any atom is -0.320 e. The van der Waals surface area contributed by atoms with Gasteiger partial charge in [-0.3, -0.25) is 10.4 Å². The number of piperazine rings is 1. The van der Waals surface area contributed by atoms with Crippen LogP contribution in [0.25, 0.3) is 0 Å². The smallest absolute Gasteiger partial charge is 0.320 e. The molecule has 0 aromatic rings. The Morgan fingerprint density at radius 2 is 1.14 bits per heavy atom. The molecule has 0 spiro atoms. The molecule has 0 aromatic heterocycles. The zero-order valence-corrected chi connectivity index (χ0v) is 7.43. The number of carbonyl (C=O) groups excluding carboxylic acids is 2. The average molecular weight is 204 g/mol. The Morgan fingerprint density at radius 3 is 1.36 bits per heavy atom. The number of hydroxylamine groups is 2. The molecule has 0 saturated carbocycles. The van der Waals surface area contributed by atoms with Crippen molar-refractivity contribution in [2.45, 2.75) is 0 Å².